The second-order valence-electron chi connectivity index (χ2n) is 6.10. The molecule has 1 saturated heterocycles. The fourth-order valence-corrected chi connectivity index (χ4v) is 3.82. The molecule has 0 saturated carbocycles. The molecule has 8 heteroatoms. The Morgan fingerprint density at radius 2 is 1.65 bits per heavy atom. The first kappa shape index (κ1) is 18.9. The quantitative estimate of drug-likeness (QED) is 0.833. The van der Waals surface area contributed by atoms with E-state index in [1.807, 2.05) is 24.3 Å². The largest absolute Gasteiger partial charge is 0.379 e. The molecule has 140 valence electrons. The Labute approximate surface area is 151 Å². The van der Waals surface area contributed by atoms with Crippen LogP contribution in [-0.2, 0) is 27.8 Å². The number of ether oxygens (including phenoxy) is 1. The van der Waals surface area contributed by atoms with Crippen molar-refractivity contribution in [1.29, 1.82) is 0 Å². The van der Waals surface area contributed by atoms with Crippen molar-refractivity contribution in [3.63, 3.8) is 0 Å². The monoisotopic (exact) mass is 382 g/mol. The lowest BCUT2D eigenvalue weighted by Gasteiger charge is -2.26. The van der Waals surface area contributed by atoms with Crippen molar-refractivity contribution >= 4 is 10.0 Å². The minimum Gasteiger partial charge on any atom is -0.379 e. The van der Waals surface area contributed by atoms with Crippen LogP contribution < -0.4 is 4.72 Å². The number of morpholine rings is 1. The standard InChI is InChI=1S/C18H20F2N2O3S/c19-16-5-6-17(20)18(11-16)26(23,24)21-12-14-1-3-15(4-2-14)13-22-7-9-25-10-8-22/h1-6,11,21H,7-10,12-13H2. The maximum absolute atomic E-state index is 13.7. The molecule has 0 atom stereocenters. The van der Waals surface area contributed by atoms with Gasteiger partial charge < -0.3 is 4.74 Å². The van der Waals surface area contributed by atoms with Crippen molar-refractivity contribution < 1.29 is 21.9 Å². The Kier molecular flexibility index (Phi) is 5.98. The number of hydrogen-bond donors (Lipinski definition) is 1. The zero-order valence-electron chi connectivity index (χ0n) is 14.1. The molecule has 0 aliphatic carbocycles. The molecule has 26 heavy (non-hydrogen) atoms. The van der Waals surface area contributed by atoms with Crippen molar-refractivity contribution in [2.45, 2.75) is 18.0 Å². The molecular weight excluding hydrogens is 362 g/mol. The molecule has 1 fully saturated rings. The van der Waals surface area contributed by atoms with Crippen molar-refractivity contribution in [3.8, 4) is 0 Å². The van der Waals surface area contributed by atoms with Gasteiger partial charge in [0.25, 0.3) is 0 Å². The summed E-state index contributed by atoms with van der Waals surface area (Å²) < 4.78 is 58.8. The molecule has 1 aliphatic rings. The van der Waals surface area contributed by atoms with Crippen LogP contribution in [-0.4, -0.2) is 39.6 Å². The number of nitrogens with one attached hydrogen (secondary N) is 1. The normalized spacial score (nSPS) is 15.9. The van der Waals surface area contributed by atoms with E-state index in [9.17, 15) is 17.2 Å². The summed E-state index contributed by atoms with van der Waals surface area (Å²) in [7, 11) is -4.13. The van der Waals surface area contributed by atoms with Gasteiger partial charge >= 0.3 is 0 Å². The summed E-state index contributed by atoms with van der Waals surface area (Å²) in [6.45, 7) is 4.05. The summed E-state index contributed by atoms with van der Waals surface area (Å²) in [6.07, 6.45) is 0. The van der Waals surface area contributed by atoms with Gasteiger partial charge in [0, 0.05) is 26.2 Å². The number of rotatable bonds is 6. The van der Waals surface area contributed by atoms with E-state index in [2.05, 4.69) is 9.62 Å². The Morgan fingerprint density at radius 3 is 2.35 bits per heavy atom. The molecule has 1 N–H and O–H groups in total. The minimum absolute atomic E-state index is 0.00385. The van der Waals surface area contributed by atoms with Crippen LogP contribution in [0.1, 0.15) is 11.1 Å². The Morgan fingerprint density at radius 1 is 1.00 bits per heavy atom. The number of benzene rings is 2. The summed E-state index contributed by atoms with van der Waals surface area (Å²) in [5.74, 6) is -1.79. The molecular formula is C18H20F2N2O3S. The molecule has 5 nitrogen and oxygen atoms in total. The van der Waals surface area contributed by atoms with Gasteiger partial charge in [-0.1, -0.05) is 24.3 Å². The van der Waals surface area contributed by atoms with Crippen molar-refractivity contribution in [2.75, 3.05) is 26.3 Å². The topological polar surface area (TPSA) is 58.6 Å². The molecule has 3 rings (SSSR count). The molecule has 0 aromatic heterocycles. The predicted molar refractivity (Wildman–Crippen MR) is 92.9 cm³/mol. The maximum Gasteiger partial charge on any atom is 0.243 e. The summed E-state index contributed by atoms with van der Waals surface area (Å²) in [4.78, 5) is 1.59. The van der Waals surface area contributed by atoms with Crippen molar-refractivity contribution in [3.05, 3.63) is 65.2 Å². The van der Waals surface area contributed by atoms with Crippen LogP contribution in [0.4, 0.5) is 8.78 Å². The summed E-state index contributed by atoms with van der Waals surface area (Å²) in [5, 5.41) is 0. The van der Waals surface area contributed by atoms with Gasteiger partial charge in [0.1, 0.15) is 16.5 Å². The van der Waals surface area contributed by atoms with Crippen molar-refractivity contribution in [2.24, 2.45) is 0 Å². The van der Waals surface area contributed by atoms with Gasteiger partial charge in [-0.05, 0) is 29.3 Å². The number of nitrogens with zero attached hydrogens (tertiary/aromatic N) is 1. The lowest BCUT2D eigenvalue weighted by Crippen LogP contribution is -2.35. The number of sulfonamides is 1. The van der Waals surface area contributed by atoms with Crippen LogP contribution >= 0.6 is 0 Å². The zero-order valence-corrected chi connectivity index (χ0v) is 14.9. The first-order valence-electron chi connectivity index (χ1n) is 8.27. The predicted octanol–water partition coefficient (Wildman–Crippen LogP) is 2.28. The number of halogens is 2. The van der Waals surface area contributed by atoms with Crippen LogP contribution in [0.5, 0.6) is 0 Å². The second kappa shape index (κ2) is 8.22. The molecule has 2 aromatic carbocycles. The van der Waals surface area contributed by atoms with Crippen LogP contribution in [0.15, 0.2) is 47.4 Å². The van der Waals surface area contributed by atoms with E-state index in [1.165, 1.54) is 0 Å². The van der Waals surface area contributed by atoms with E-state index in [1.54, 1.807) is 0 Å². The summed E-state index contributed by atoms with van der Waals surface area (Å²) in [5.41, 5.74) is 1.85. The molecule has 0 bridgehead atoms. The third-order valence-corrected chi connectivity index (χ3v) is 5.60. The summed E-state index contributed by atoms with van der Waals surface area (Å²) in [6, 6.07) is 9.85. The average Bonchev–Trinajstić information content (AvgIpc) is 2.64. The van der Waals surface area contributed by atoms with Gasteiger partial charge in [-0.3, -0.25) is 4.90 Å². The van der Waals surface area contributed by atoms with Gasteiger partial charge in [-0.15, -0.1) is 0 Å². The molecule has 0 amide bonds. The lowest BCUT2D eigenvalue weighted by molar-refractivity contribution is 0.0342. The maximum atomic E-state index is 13.7. The minimum atomic E-state index is -4.13. The third-order valence-electron chi connectivity index (χ3n) is 4.18. The van der Waals surface area contributed by atoms with Gasteiger partial charge in [0.15, 0.2) is 0 Å². The van der Waals surface area contributed by atoms with E-state index in [0.717, 1.165) is 56.1 Å². The highest BCUT2D eigenvalue weighted by molar-refractivity contribution is 7.89. The molecule has 0 spiro atoms. The van der Waals surface area contributed by atoms with Crippen LogP contribution in [0, 0.1) is 11.6 Å². The van der Waals surface area contributed by atoms with E-state index in [4.69, 9.17) is 4.74 Å². The highest BCUT2D eigenvalue weighted by Crippen LogP contribution is 2.16. The highest BCUT2D eigenvalue weighted by atomic mass is 32.2. The van der Waals surface area contributed by atoms with Gasteiger partial charge in [0.05, 0.1) is 13.2 Å². The highest BCUT2D eigenvalue weighted by Gasteiger charge is 2.19. The van der Waals surface area contributed by atoms with E-state index < -0.39 is 26.6 Å². The Balaban J connectivity index is 1.61. The van der Waals surface area contributed by atoms with Gasteiger partial charge in [0.2, 0.25) is 10.0 Å². The molecule has 1 aliphatic heterocycles. The third kappa shape index (κ3) is 4.85. The number of hydrogen-bond acceptors (Lipinski definition) is 4. The first-order valence-corrected chi connectivity index (χ1v) is 9.75. The van der Waals surface area contributed by atoms with Crippen LogP contribution in [0.3, 0.4) is 0 Å². The Hall–Kier alpha value is -1.87. The molecule has 0 radical (unpaired) electrons. The van der Waals surface area contributed by atoms with Gasteiger partial charge in [-0.25, -0.2) is 21.9 Å². The van der Waals surface area contributed by atoms with Crippen molar-refractivity contribution in [1.82, 2.24) is 9.62 Å². The van der Waals surface area contributed by atoms with E-state index in [0.29, 0.717) is 6.07 Å². The Bertz CT molecular complexity index is 851. The molecule has 2 aromatic rings. The van der Waals surface area contributed by atoms with Gasteiger partial charge in [-0.2, -0.15) is 0 Å². The lowest BCUT2D eigenvalue weighted by atomic mass is 10.1. The first-order chi connectivity index (χ1) is 12.4. The molecule has 0 unspecified atom stereocenters. The van der Waals surface area contributed by atoms with Crippen LogP contribution in [0.2, 0.25) is 0 Å². The van der Waals surface area contributed by atoms with Crippen LogP contribution in [0.25, 0.3) is 0 Å². The fraction of sp³-hybridized carbons (Fsp3) is 0.333. The second-order valence-corrected chi connectivity index (χ2v) is 7.84. The zero-order chi connectivity index (χ0) is 18.6. The molecule has 1 heterocycles. The summed E-state index contributed by atoms with van der Waals surface area (Å²) >= 11 is 0. The fourth-order valence-electron chi connectivity index (χ4n) is 2.72. The SMILES string of the molecule is O=S(=O)(NCc1ccc(CN2CCOCC2)cc1)c1cc(F)ccc1F. The smallest absolute Gasteiger partial charge is 0.243 e. The van der Waals surface area contributed by atoms with E-state index in [-0.39, 0.29) is 6.54 Å². The average molecular weight is 382 g/mol. The van der Waals surface area contributed by atoms with E-state index >= 15 is 0 Å².